The van der Waals surface area contributed by atoms with E-state index >= 15 is 0 Å². The highest BCUT2D eigenvalue weighted by atomic mass is 35.5. The standard InChI is InChI=1S/C19H18ClN5O2/c1-11-14(20)4-3-5-15(11)25-18-16(21)17(22-10-23-18)24-13-8-6-12(7-9-13)19(26)27-2/h3-10H,21H2,1-2H3,(H2,22,23,24,25). The predicted molar refractivity (Wildman–Crippen MR) is 107 cm³/mol. The number of ether oxygens (including phenoxy) is 1. The van der Waals surface area contributed by atoms with Gasteiger partial charge in [0.2, 0.25) is 0 Å². The Hall–Kier alpha value is -3.32. The second kappa shape index (κ2) is 7.92. The van der Waals surface area contributed by atoms with E-state index in [0.717, 1.165) is 16.9 Å². The summed E-state index contributed by atoms with van der Waals surface area (Å²) in [7, 11) is 1.34. The third-order valence-corrected chi connectivity index (χ3v) is 4.38. The summed E-state index contributed by atoms with van der Waals surface area (Å²) in [5.74, 6) is 0.508. The number of carbonyl (C=O) groups is 1. The molecule has 0 unspecified atom stereocenters. The first-order valence-corrected chi connectivity index (χ1v) is 8.45. The van der Waals surface area contributed by atoms with Gasteiger partial charge in [-0.25, -0.2) is 14.8 Å². The quantitative estimate of drug-likeness (QED) is 0.564. The fraction of sp³-hybridized carbons (Fsp3) is 0.105. The highest BCUT2D eigenvalue weighted by molar-refractivity contribution is 6.31. The summed E-state index contributed by atoms with van der Waals surface area (Å²) >= 11 is 6.15. The number of hydrogen-bond donors (Lipinski definition) is 3. The average Bonchev–Trinajstić information content (AvgIpc) is 2.68. The van der Waals surface area contributed by atoms with Gasteiger partial charge < -0.3 is 21.1 Å². The monoisotopic (exact) mass is 383 g/mol. The van der Waals surface area contributed by atoms with E-state index in [0.29, 0.717) is 27.9 Å². The molecule has 138 valence electrons. The summed E-state index contributed by atoms with van der Waals surface area (Å²) in [4.78, 5) is 19.9. The zero-order chi connectivity index (χ0) is 19.4. The molecule has 0 radical (unpaired) electrons. The number of anilines is 5. The molecule has 0 aliphatic carbocycles. The maximum Gasteiger partial charge on any atom is 0.337 e. The summed E-state index contributed by atoms with van der Waals surface area (Å²) < 4.78 is 4.69. The minimum atomic E-state index is -0.397. The van der Waals surface area contributed by atoms with Crippen molar-refractivity contribution in [2.24, 2.45) is 0 Å². The third kappa shape index (κ3) is 4.09. The number of halogens is 1. The Kier molecular flexibility index (Phi) is 5.42. The topological polar surface area (TPSA) is 102 Å². The van der Waals surface area contributed by atoms with E-state index in [1.54, 1.807) is 24.3 Å². The van der Waals surface area contributed by atoms with Crippen LogP contribution in [0.4, 0.5) is 28.7 Å². The summed E-state index contributed by atoms with van der Waals surface area (Å²) in [5.41, 5.74) is 9.44. The molecule has 0 fully saturated rings. The summed E-state index contributed by atoms with van der Waals surface area (Å²) in [5, 5.41) is 6.94. The number of esters is 1. The van der Waals surface area contributed by atoms with Crippen molar-refractivity contribution in [2.45, 2.75) is 6.92 Å². The van der Waals surface area contributed by atoms with Gasteiger partial charge in [-0.2, -0.15) is 0 Å². The number of nitrogens with one attached hydrogen (secondary N) is 2. The maximum atomic E-state index is 11.5. The number of aromatic nitrogens is 2. The van der Waals surface area contributed by atoms with Crippen molar-refractivity contribution < 1.29 is 9.53 Å². The lowest BCUT2D eigenvalue weighted by atomic mass is 10.2. The van der Waals surface area contributed by atoms with Gasteiger partial charge in [0.1, 0.15) is 12.0 Å². The number of rotatable bonds is 5. The van der Waals surface area contributed by atoms with Crippen LogP contribution in [0.15, 0.2) is 48.8 Å². The lowest BCUT2D eigenvalue weighted by molar-refractivity contribution is 0.0601. The largest absolute Gasteiger partial charge is 0.465 e. The molecular formula is C19H18ClN5O2. The molecule has 1 aromatic heterocycles. The predicted octanol–water partition coefficient (Wildman–Crippen LogP) is 4.29. The van der Waals surface area contributed by atoms with Crippen molar-refractivity contribution in [3.05, 3.63) is 64.9 Å². The van der Waals surface area contributed by atoms with Crippen LogP contribution in [0, 0.1) is 6.92 Å². The van der Waals surface area contributed by atoms with Gasteiger partial charge in [0.25, 0.3) is 0 Å². The van der Waals surface area contributed by atoms with Gasteiger partial charge in [-0.1, -0.05) is 17.7 Å². The number of carbonyl (C=O) groups excluding carboxylic acids is 1. The normalized spacial score (nSPS) is 10.3. The fourth-order valence-corrected chi connectivity index (χ4v) is 2.58. The molecule has 3 aromatic rings. The zero-order valence-electron chi connectivity index (χ0n) is 14.8. The molecule has 27 heavy (non-hydrogen) atoms. The minimum absolute atomic E-state index is 0.355. The Morgan fingerprint density at radius 3 is 2.41 bits per heavy atom. The zero-order valence-corrected chi connectivity index (χ0v) is 15.5. The fourth-order valence-electron chi connectivity index (χ4n) is 2.41. The molecule has 0 spiro atoms. The van der Waals surface area contributed by atoms with E-state index in [-0.39, 0.29) is 0 Å². The first-order valence-electron chi connectivity index (χ1n) is 8.07. The van der Waals surface area contributed by atoms with Crippen LogP contribution in [0.5, 0.6) is 0 Å². The van der Waals surface area contributed by atoms with Gasteiger partial charge in [-0.05, 0) is 48.9 Å². The molecule has 8 heteroatoms. The number of methoxy groups -OCH3 is 1. The van der Waals surface area contributed by atoms with Gasteiger partial charge in [-0.3, -0.25) is 0 Å². The van der Waals surface area contributed by atoms with Crippen molar-refractivity contribution >= 4 is 46.3 Å². The molecule has 4 N–H and O–H groups in total. The number of benzene rings is 2. The molecular weight excluding hydrogens is 366 g/mol. The highest BCUT2D eigenvalue weighted by Crippen LogP contribution is 2.31. The van der Waals surface area contributed by atoms with Crippen LogP contribution < -0.4 is 16.4 Å². The van der Waals surface area contributed by atoms with Crippen molar-refractivity contribution in [2.75, 3.05) is 23.5 Å². The van der Waals surface area contributed by atoms with Crippen molar-refractivity contribution in [3.63, 3.8) is 0 Å². The van der Waals surface area contributed by atoms with Gasteiger partial charge in [0.15, 0.2) is 11.6 Å². The molecule has 0 atom stereocenters. The number of nitrogen functional groups attached to an aromatic ring is 1. The maximum absolute atomic E-state index is 11.5. The van der Waals surface area contributed by atoms with Gasteiger partial charge in [-0.15, -0.1) is 0 Å². The summed E-state index contributed by atoms with van der Waals surface area (Å²) in [6.07, 6.45) is 1.41. The SMILES string of the molecule is COC(=O)c1ccc(Nc2ncnc(Nc3cccc(Cl)c3C)c2N)cc1. The van der Waals surface area contributed by atoms with Crippen LogP contribution in [0.3, 0.4) is 0 Å². The highest BCUT2D eigenvalue weighted by Gasteiger charge is 2.11. The van der Waals surface area contributed by atoms with E-state index in [4.69, 9.17) is 17.3 Å². The van der Waals surface area contributed by atoms with Crippen molar-refractivity contribution in [1.82, 2.24) is 9.97 Å². The molecule has 1 heterocycles. The van der Waals surface area contributed by atoms with Crippen LogP contribution in [-0.4, -0.2) is 23.0 Å². The van der Waals surface area contributed by atoms with Crippen molar-refractivity contribution in [1.29, 1.82) is 0 Å². The Balaban J connectivity index is 1.82. The van der Waals surface area contributed by atoms with Crippen LogP contribution in [0.1, 0.15) is 15.9 Å². The molecule has 0 saturated carbocycles. The van der Waals surface area contributed by atoms with Gasteiger partial charge >= 0.3 is 5.97 Å². The van der Waals surface area contributed by atoms with Crippen LogP contribution in [0.2, 0.25) is 5.02 Å². The first-order chi connectivity index (χ1) is 13.0. The molecule has 3 rings (SSSR count). The molecule has 0 aliphatic rings. The summed E-state index contributed by atoms with van der Waals surface area (Å²) in [6, 6.07) is 12.3. The molecule has 0 aliphatic heterocycles. The smallest absolute Gasteiger partial charge is 0.337 e. The molecule has 7 nitrogen and oxygen atoms in total. The molecule has 0 saturated heterocycles. The van der Waals surface area contributed by atoms with Gasteiger partial charge in [0, 0.05) is 16.4 Å². The second-order valence-corrected chi connectivity index (χ2v) is 6.12. The Bertz CT molecular complexity index is 976. The van der Waals surface area contributed by atoms with E-state index in [1.165, 1.54) is 13.4 Å². The number of hydrogen-bond acceptors (Lipinski definition) is 7. The third-order valence-electron chi connectivity index (χ3n) is 3.97. The first kappa shape index (κ1) is 18.5. The van der Waals surface area contributed by atoms with E-state index in [9.17, 15) is 4.79 Å². The van der Waals surface area contributed by atoms with Crippen LogP contribution in [0.25, 0.3) is 0 Å². The van der Waals surface area contributed by atoms with E-state index in [1.807, 2.05) is 25.1 Å². The minimum Gasteiger partial charge on any atom is -0.465 e. The lowest BCUT2D eigenvalue weighted by Gasteiger charge is -2.14. The number of nitrogens with zero attached hydrogens (tertiary/aromatic N) is 2. The number of nitrogens with two attached hydrogens (primary N) is 1. The molecule has 0 amide bonds. The van der Waals surface area contributed by atoms with E-state index < -0.39 is 5.97 Å². The lowest BCUT2D eigenvalue weighted by Crippen LogP contribution is -2.06. The Morgan fingerprint density at radius 2 is 1.74 bits per heavy atom. The Labute approximate surface area is 161 Å². The molecule has 0 bridgehead atoms. The van der Waals surface area contributed by atoms with Crippen LogP contribution in [-0.2, 0) is 4.74 Å². The average molecular weight is 384 g/mol. The van der Waals surface area contributed by atoms with Crippen molar-refractivity contribution in [3.8, 4) is 0 Å². The molecule has 2 aromatic carbocycles. The summed E-state index contributed by atoms with van der Waals surface area (Å²) in [6.45, 7) is 1.91. The Morgan fingerprint density at radius 1 is 1.07 bits per heavy atom. The van der Waals surface area contributed by atoms with E-state index in [2.05, 4.69) is 25.3 Å². The van der Waals surface area contributed by atoms with Gasteiger partial charge in [0.05, 0.1) is 12.7 Å². The van der Waals surface area contributed by atoms with Crippen LogP contribution >= 0.6 is 11.6 Å². The second-order valence-electron chi connectivity index (χ2n) is 5.72.